The molecule has 5 heteroatoms. The maximum Gasteiger partial charge on any atom is 0.308 e. The van der Waals surface area contributed by atoms with Crippen LogP contribution in [0.4, 0.5) is 4.39 Å². The van der Waals surface area contributed by atoms with Crippen LogP contribution in [-0.4, -0.2) is 35.0 Å². The number of hydrogen-bond acceptors (Lipinski definition) is 2. The van der Waals surface area contributed by atoms with E-state index in [4.69, 9.17) is 0 Å². The molecule has 0 radical (unpaired) electrons. The Balaban J connectivity index is 1.89. The summed E-state index contributed by atoms with van der Waals surface area (Å²) >= 11 is 0. The number of aliphatic carboxylic acids is 1. The van der Waals surface area contributed by atoms with Gasteiger partial charge in [0.1, 0.15) is 5.82 Å². The summed E-state index contributed by atoms with van der Waals surface area (Å²) in [4.78, 5) is 25.7. The van der Waals surface area contributed by atoms with Gasteiger partial charge in [-0.05, 0) is 24.6 Å². The number of carbonyl (C=O) groups excluding carboxylic acids is 1. The number of amides is 1. The summed E-state index contributed by atoms with van der Waals surface area (Å²) in [6.07, 6.45) is 0. The average molecular weight is 327 g/mol. The van der Waals surface area contributed by atoms with Gasteiger partial charge in [0.15, 0.2) is 0 Å². The lowest BCUT2D eigenvalue weighted by Gasteiger charge is -2.17. The SMILES string of the molecule is Cc1ccc(F)c(C(=O)N2CC(C(=O)O)C(c3ccccc3)C2)c1. The van der Waals surface area contributed by atoms with Crippen molar-refractivity contribution in [2.45, 2.75) is 12.8 Å². The van der Waals surface area contributed by atoms with E-state index in [-0.39, 0.29) is 24.6 Å². The van der Waals surface area contributed by atoms with Gasteiger partial charge in [-0.15, -0.1) is 0 Å². The molecule has 0 saturated carbocycles. The van der Waals surface area contributed by atoms with Crippen molar-refractivity contribution < 1.29 is 19.1 Å². The predicted octanol–water partition coefficient (Wildman–Crippen LogP) is 3.07. The van der Waals surface area contributed by atoms with E-state index in [1.807, 2.05) is 30.3 Å². The third-order valence-electron chi connectivity index (χ3n) is 4.50. The first-order chi connectivity index (χ1) is 11.5. The lowest BCUT2D eigenvalue weighted by molar-refractivity contribution is -0.141. The zero-order valence-corrected chi connectivity index (χ0v) is 13.3. The Morgan fingerprint density at radius 2 is 1.83 bits per heavy atom. The van der Waals surface area contributed by atoms with E-state index in [0.717, 1.165) is 11.1 Å². The van der Waals surface area contributed by atoms with Crippen molar-refractivity contribution in [1.82, 2.24) is 4.90 Å². The number of likely N-dealkylation sites (tertiary alicyclic amines) is 1. The Kier molecular flexibility index (Phi) is 4.34. The van der Waals surface area contributed by atoms with Gasteiger partial charge in [0.05, 0.1) is 11.5 Å². The molecule has 1 amide bonds. The van der Waals surface area contributed by atoms with Crippen molar-refractivity contribution in [2.24, 2.45) is 5.92 Å². The van der Waals surface area contributed by atoms with Gasteiger partial charge in [-0.3, -0.25) is 9.59 Å². The molecule has 1 aliphatic heterocycles. The minimum absolute atomic E-state index is 0.00662. The van der Waals surface area contributed by atoms with Gasteiger partial charge in [-0.1, -0.05) is 42.0 Å². The Morgan fingerprint density at radius 1 is 1.12 bits per heavy atom. The van der Waals surface area contributed by atoms with Crippen LogP contribution in [0, 0.1) is 18.7 Å². The van der Waals surface area contributed by atoms with Gasteiger partial charge in [0, 0.05) is 19.0 Å². The molecule has 2 aromatic rings. The molecule has 24 heavy (non-hydrogen) atoms. The predicted molar refractivity (Wildman–Crippen MR) is 87.3 cm³/mol. The third kappa shape index (κ3) is 3.02. The van der Waals surface area contributed by atoms with E-state index in [2.05, 4.69) is 0 Å². The molecular weight excluding hydrogens is 309 g/mol. The highest BCUT2D eigenvalue weighted by molar-refractivity contribution is 5.95. The molecule has 1 saturated heterocycles. The minimum Gasteiger partial charge on any atom is -0.481 e. The number of benzene rings is 2. The number of carboxylic acids is 1. The van der Waals surface area contributed by atoms with Crippen molar-refractivity contribution in [3.8, 4) is 0 Å². The number of carboxylic acid groups (broad SMARTS) is 1. The van der Waals surface area contributed by atoms with Gasteiger partial charge in [-0.25, -0.2) is 4.39 Å². The highest BCUT2D eigenvalue weighted by Gasteiger charge is 2.41. The van der Waals surface area contributed by atoms with E-state index < -0.39 is 23.6 Å². The molecule has 124 valence electrons. The summed E-state index contributed by atoms with van der Waals surface area (Å²) in [5.41, 5.74) is 1.66. The molecule has 0 aliphatic carbocycles. The zero-order chi connectivity index (χ0) is 17.3. The lowest BCUT2D eigenvalue weighted by atomic mass is 9.89. The van der Waals surface area contributed by atoms with Crippen LogP contribution in [0.1, 0.15) is 27.4 Å². The van der Waals surface area contributed by atoms with Gasteiger partial charge in [-0.2, -0.15) is 0 Å². The second-order valence-corrected chi connectivity index (χ2v) is 6.16. The molecule has 3 rings (SSSR count). The third-order valence-corrected chi connectivity index (χ3v) is 4.50. The van der Waals surface area contributed by atoms with Crippen molar-refractivity contribution in [3.05, 3.63) is 71.0 Å². The van der Waals surface area contributed by atoms with E-state index in [0.29, 0.717) is 0 Å². The van der Waals surface area contributed by atoms with E-state index in [1.54, 1.807) is 13.0 Å². The second-order valence-electron chi connectivity index (χ2n) is 6.16. The lowest BCUT2D eigenvalue weighted by Crippen LogP contribution is -2.30. The highest BCUT2D eigenvalue weighted by Crippen LogP contribution is 2.33. The van der Waals surface area contributed by atoms with Crippen molar-refractivity contribution >= 4 is 11.9 Å². The normalized spacial score (nSPS) is 20.2. The van der Waals surface area contributed by atoms with Crippen LogP contribution in [0.2, 0.25) is 0 Å². The number of aryl methyl sites for hydroxylation is 1. The van der Waals surface area contributed by atoms with Crippen LogP contribution >= 0.6 is 0 Å². The summed E-state index contributed by atoms with van der Waals surface area (Å²) in [6, 6.07) is 13.6. The van der Waals surface area contributed by atoms with Gasteiger partial charge < -0.3 is 10.0 Å². The number of hydrogen-bond donors (Lipinski definition) is 1. The second kappa shape index (κ2) is 6.43. The number of rotatable bonds is 3. The molecule has 2 atom stereocenters. The summed E-state index contributed by atoms with van der Waals surface area (Å²) in [5.74, 6) is -2.96. The van der Waals surface area contributed by atoms with Crippen molar-refractivity contribution in [1.29, 1.82) is 0 Å². The van der Waals surface area contributed by atoms with Crippen LogP contribution in [0.25, 0.3) is 0 Å². The fourth-order valence-corrected chi connectivity index (χ4v) is 3.23. The first-order valence-corrected chi connectivity index (χ1v) is 7.80. The quantitative estimate of drug-likeness (QED) is 0.942. The summed E-state index contributed by atoms with van der Waals surface area (Å²) in [7, 11) is 0. The monoisotopic (exact) mass is 327 g/mol. The van der Waals surface area contributed by atoms with Crippen molar-refractivity contribution in [2.75, 3.05) is 13.1 Å². The Labute approximate surface area is 139 Å². The Bertz CT molecular complexity index is 775. The molecule has 1 heterocycles. The summed E-state index contributed by atoms with van der Waals surface area (Å²) < 4.78 is 14.0. The highest BCUT2D eigenvalue weighted by atomic mass is 19.1. The largest absolute Gasteiger partial charge is 0.481 e. The summed E-state index contributed by atoms with van der Waals surface area (Å²) in [5, 5.41) is 9.50. The maximum absolute atomic E-state index is 14.0. The van der Waals surface area contributed by atoms with Crippen LogP contribution in [0.5, 0.6) is 0 Å². The Hall–Kier alpha value is -2.69. The molecule has 1 fully saturated rings. The first-order valence-electron chi connectivity index (χ1n) is 7.80. The molecule has 0 spiro atoms. The minimum atomic E-state index is -0.941. The van der Waals surface area contributed by atoms with Gasteiger partial charge in [0.25, 0.3) is 5.91 Å². The number of nitrogens with zero attached hydrogens (tertiary/aromatic N) is 1. The summed E-state index contributed by atoms with van der Waals surface area (Å²) in [6.45, 7) is 2.14. The number of carbonyl (C=O) groups is 2. The van der Waals surface area contributed by atoms with Crippen LogP contribution < -0.4 is 0 Å². The standard InChI is InChI=1S/C19H18FNO3/c1-12-7-8-17(20)14(9-12)18(22)21-10-15(16(11-21)19(23)24)13-5-3-2-4-6-13/h2-9,15-16H,10-11H2,1H3,(H,23,24). The van der Waals surface area contributed by atoms with Gasteiger partial charge >= 0.3 is 5.97 Å². The van der Waals surface area contributed by atoms with Gasteiger partial charge in [0.2, 0.25) is 0 Å². The molecular formula is C19H18FNO3. The fourth-order valence-electron chi connectivity index (χ4n) is 3.23. The molecule has 2 unspecified atom stereocenters. The van der Waals surface area contributed by atoms with E-state index in [9.17, 15) is 19.1 Å². The molecule has 4 nitrogen and oxygen atoms in total. The van der Waals surface area contributed by atoms with Crippen LogP contribution in [0.15, 0.2) is 48.5 Å². The molecule has 1 aliphatic rings. The zero-order valence-electron chi connectivity index (χ0n) is 13.3. The molecule has 2 aromatic carbocycles. The molecule has 0 aromatic heterocycles. The Morgan fingerprint density at radius 3 is 2.50 bits per heavy atom. The van der Waals surface area contributed by atoms with Crippen molar-refractivity contribution in [3.63, 3.8) is 0 Å². The maximum atomic E-state index is 14.0. The fraction of sp³-hybridized carbons (Fsp3) is 0.263. The van der Waals surface area contributed by atoms with Crippen LogP contribution in [0.3, 0.4) is 0 Å². The number of halogens is 1. The first kappa shape index (κ1) is 16.2. The average Bonchev–Trinajstić information content (AvgIpc) is 3.03. The molecule has 0 bridgehead atoms. The van der Waals surface area contributed by atoms with E-state index in [1.165, 1.54) is 17.0 Å². The topological polar surface area (TPSA) is 57.6 Å². The smallest absolute Gasteiger partial charge is 0.308 e. The van der Waals surface area contributed by atoms with Crippen LogP contribution in [-0.2, 0) is 4.79 Å². The molecule has 1 N–H and O–H groups in total. The van der Waals surface area contributed by atoms with E-state index >= 15 is 0 Å².